The predicted molar refractivity (Wildman–Crippen MR) is 101 cm³/mol. The summed E-state index contributed by atoms with van der Waals surface area (Å²) in [7, 11) is 1.62. The van der Waals surface area contributed by atoms with E-state index >= 15 is 0 Å². The average molecular weight is 367 g/mol. The van der Waals surface area contributed by atoms with Crippen molar-refractivity contribution in [2.75, 3.05) is 25.5 Å². The number of hydrogen-bond donors (Lipinski definition) is 1. The van der Waals surface area contributed by atoms with Gasteiger partial charge in [0.25, 0.3) is 5.91 Å². The summed E-state index contributed by atoms with van der Waals surface area (Å²) in [6.07, 6.45) is 5.00. The molecule has 0 unspecified atom stereocenters. The van der Waals surface area contributed by atoms with E-state index < -0.39 is 0 Å². The van der Waals surface area contributed by atoms with Crippen LogP contribution in [0, 0.1) is 11.8 Å². The van der Waals surface area contributed by atoms with E-state index in [1.807, 2.05) is 28.8 Å². The summed E-state index contributed by atoms with van der Waals surface area (Å²) in [5.74, 6) is 3.18. The van der Waals surface area contributed by atoms with Crippen molar-refractivity contribution >= 4 is 11.6 Å². The first-order valence-electron chi connectivity index (χ1n) is 9.83. The Labute approximate surface area is 158 Å². The molecule has 2 aromatic rings. The molecule has 1 saturated heterocycles. The average Bonchev–Trinajstić information content (AvgIpc) is 3.21. The molecule has 0 bridgehead atoms. The number of nitrogens with one attached hydrogen (secondary N) is 1. The summed E-state index contributed by atoms with van der Waals surface area (Å²) in [6, 6.07) is 8.10. The van der Waals surface area contributed by atoms with Crippen molar-refractivity contribution in [2.45, 2.75) is 38.3 Å². The molecule has 5 rings (SSSR count). The maximum absolute atomic E-state index is 12.7. The molecule has 7 heteroatoms. The third-order valence-corrected chi connectivity index (χ3v) is 6.44. The van der Waals surface area contributed by atoms with Crippen LogP contribution in [0.3, 0.4) is 0 Å². The van der Waals surface area contributed by atoms with Gasteiger partial charge in [0.15, 0.2) is 0 Å². The van der Waals surface area contributed by atoms with E-state index in [2.05, 4.69) is 20.4 Å². The fourth-order valence-corrected chi connectivity index (χ4v) is 4.64. The number of benzene rings is 1. The summed E-state index contributed by atoms with van der Waals surface area (Å²) < 4.78 is 7.19. The molecule has 27 heavy (non-hydrogen) atoms. The van der Waals surface area contributed by atoms with Gasteiger partial charge < -0.3 is 14.6 Å². The number of rotatable bonds is 4. The van der Waals surface area contributed by atoms with Crippen LogP contribution in [0.2, 0.25) is 0 Å². The zero-order valence-corrected chi connectivity index (χ0v) is 15.6. The highest BCUT2D eigenvalue weighted by molar-refractivity contribution is 6.01. The van der Waals surface area contributed by atoms with Crippen LogP contribution in [0.15, 0.2) is 24.3 Å². The predicted octanol–water partition coefficient (Wildman–Crippen LogP) is 2.20. The van der Waals surface area contributed by atoms with Crippen molar-refractivity contribution in [1.82, 2.24) is 19.7 Å². The lowest BCUT2D eigenvalue weighted by Crippen LogP contribution is -2.38. The molecule has 142 valence electrons. The summed E-state index contributed by atoms with van der Waals surface area (Å²) >= 11 is 0. The number of anilines is 1. The molecule has 1 N–H and O–H groups in total. The normalized spacial score (nSPS) is 24.8. The third kappa shape index (κ3) is 3.00. The van der Waals surface area contributed by atoms with Gasteiger partial charge in [-0.3, -0.25) is 9.69 Å². The molecule has 1 saturated carbocycles. The number of carbonyl (C=O) groups is 1. The van der Waals surface area contributed by atoms with Gasteiger partial charge in [0, 0.05) is 37.8 Å². The lowest BCUT2D eigenvalue weighted by atomic mass is 9.89. The van der Waals surface area contributed by atoms with E-state index in [1.54, 1.807) is 7.11 Å². The smallest absolute Gasteiger partial charge is 0.293 e. The molecule has 1 aliphatic carbocycles. The van der Waals surface area contributed by atoms with Crippen molar-refractivity contribution in [3.05, 3.63) is 35.9 Å². The SMILES string of the molecule is COc1ccc(NC(=O)c2nnc3n2C[C@H]2CN(C4CCC4)C[C@H]2C3)cc1. The monoisotopic (exact) mass is 367 g/mol. The highest BCUT2D eigenvalue weighted by Gasteiger charge is 2.42. The van der Waals surface area contributed by atoms with Crippen molar-refractivity contribution < 1.29 is 9.53 Å². The zero-order valence-electron chi connectivity index (χ0n) is 15.6. The molecule has 0 spiro atoms. The highest BCUT2D eigenvalue weighted by Crippen LogP contribution is 2.37. The first-order valence-corrected chi connectivity index (χ1v) is 9.83. The second kappa shape index (κ2) is 6.64. The maximum Gasteiger partial charge on any atom is 0.293 e. The number of amides is 1. The summed E-state index contributed by atoms with van der Waals surface area (Å²) in [5.41, 5.74) is 0.726. The van der Waals surface area contributed by atoms with Crippen molar-refractivity contribution in [3.8, 4) is 5.75 Å². The molecule has 2 fully saturated rings. The topological polar surface area (TPSA) is 72.3 Å². The Morgan fingerprint density at radius 2 is 1.89 bits per heavy atom. The lowest BCUT2D eigenvalue weighted by Gasteiger charge is -2.34. The van der Waals surface area contributed by atoms with Crippen LogP contribution in [-0.2, 0) is 13.0 Å². The molecular formula is C20H25N5O2. The molecule has 7 nitrogen and oxygen atoms in total. The second-order valence-corrected chi connectivity index (χ2v) is 8.00. The standard InChI is InChI=1S/C20H25N5O2/c1-27-17-7-5-15(6-8-17)21-20(26)19-23-22-18-9-13-10-24(16-3-2-4-16)11-14(13)12-25(18)19/h5-8,13-14,16H,2-4,9-12H2,1H3,(H,21,26)/t13-,14-/m1/s1. The van der Waals surface area contributed by atoms with Gasteiger partial charge in [0.2, 0.25) is 5.82 Å². The van der Waals surface area contributed by atoms with Crippen LogP contribution in [0.1, 0.15) is 35.7 Å². The maximum atomic E-state index is 12.7. The second-order valence-electron chi connectivity index (χ2n) is 8.00. The number of ether oxygens (including phenoxy) is 1. The molecule has 1 aromatic carbocycles. The van der Waals surface area contributed by atoms with Gasteiger partial charge in [0.1, 0.15) is 11.6 Å². The number of carbonyl (C=O) groups excluding carboxylic acids is 1. The molecular weight excluding hydrogens is 342 g/mol. The minimum absolute atomic E-state index is 0.203. The van der Waals surface area contributed by atoms with E-state index in [4.69, 9.17) is 4.74 Å². The molecule has 1 aromatic heterocycles. The number of hydrogen-bond acceptors (Lipinski definition) is 5. The Hall–Kier alpha value is -2.41. The van der Waals surface area contributed by atoms with Crippen LogP contribution in [0.25, 0.3) is 0 Å². The molecule has 1 amide bonds. The number of likely N-dealkylation sites (tertiary alicyclic amines) is 1. The quantitative estimate of drug-likeness (QED) is 0.897. The molecule has 0 radical (unpaired) electrons. The first-order chi connectivity index (χ1) is 13.2. The van der Waals surface area contributed by atoms with Crippen molar-refractivity contribution in [1.29, 1.82) is 0 Å². The van der Waals surface area contributed by atoms with Crippen LogP contribution >= 0.6 is 0 Å². The van der Waals surface area contributed by atoms with E-state index in [9.17, 15) is 4.79 Å². The number of methoxy groups -OCH3 is 1. The minimum atomic E-state index is -0.203. The number of fused-ring (bicyclic) bond motifs is 2. The van der Waals surface area contributed by atoms with Crippen molar-refractivity contribution in [3.63, 3.8) is 0 Å². The van der Waals surface area contributed by atoms with E-state index in [1.165, 1.54) is 25.8 Å². The third-order valence-electron chi connectivity index (χ3n) is 6.44. The lowest BCUT2D eigenvalue weighted by molar-refractivity contribution is 0.100. The van der Waals surface area contributed by atoms with Crippen LogP contribution in [-0.4, -0.2) is 51.8 Å². The highest BCUT2D eigenvalue weighted by atomic mass is 16.5. The van der Waals surface area contributed by atoms with Crippen molar-refractivity contribution in [2.24, 2.45) is 11.8 Å². The van der Waals surface area contributed by atoms with Gasteiger partial charge >= 0.3 is 0 Å². The Kier molecular flexibility index (Phi) is 4.11. The Morgan fingerprint density at radius 1 is 1.11 bits per heavy atom. The van der Waals surface area contributed by atoms with Gasteiger partial charge in [0.05, 0.1) is 7.11 Å². The van der Waals surface area contributed by atoms with Gasteiger partial charge in [-0.25, -0.2) is 0 Å². The van der Waals surface area contributed by atoms with Gasteiger partial charge in [-0.05, 0) is 48.9 Å². The summed E-state index contributed by atoms with van der Waals surface area (Å²) in [5, 5.41) is 11.4. The van der Waals surface area contributed by atoms with E-state index in [-0.39, 0.29) is 5.91 Å². The molecule has 2 aliphatic heterocycles. The van der Waals surface area contributed by atoms with Gasteiger partial charge in [-0.1, -0.05) is 6.42 Å². The van der Waals surface area contributed by atoms with Crippen LogP contribution < -0.4 is 10.1 Å². The van der Waals surface area contributed by atoms with E-state index in [0.29, 0.717) is 17.7 Å². The molecule has 2 atom stereocenters. The Bertz CT molecular complexity index is 843. The van der Waals surface area contributed by atoms with Crippen LogP contribution in [0.4, 0.5) is 5.69 Å². The Balaban J connectivity index is 1.30. The van der Waals surface area contributed by atoms with E-state index in [0.717, 1.165) is 42.8 Å². The van der Waals surface area contributed by atoms with Crippen LogP contribution in [0.5, 0.6) is 5.75 Å². The summed E-state index contributed by atoms with van der Waals surface area (Å²) in [4.78, 5) is 15.4. The summed E-state index contributed by atoms with van der Waals surface area (Å²) in [6.45, 7) is 3.17. The Morgan fingerprint density at radius 3 is 2.59 bits per heavy atom. The molecule has 3 aliphatic rings. The fraction of sp³-hybridized carbons (Fsp3) is 0.550. The fourth-order valence-electron chi connectivity index (χ4n) is 4.64. The first kappa shape index (κ1) is 16.7. The number of aromatic nitrogens is 3. The largest absolute Gasteiger partial charge is 0.497 e. The zero-order chi connectivity index (χ0) is 18.4. The van der Waals surface area contributed by atoms with Gasteiger partial charge in [-0.15, -0.1) is 10.2 Å². The van der Waals surface area contributed by atoms with Gasteiger partial charge in [-0.2, -0.15) is 0 Å². The minimum Gasteiger partial charge on any atom is -0.497 e. The number of nitrogens with zero attached hydrogens (tertiary/aromatic N) is 4. The molecule has 3 heterocycles.